The molecule has 0 aromatic carbocycles. The molecule has 0 saturated heterocycles. The maximum Gasteiger partial charge on any atom is 0.356 e. The van der Waals surface area contributed by atoms with Gasteiger partial charge in [0.1, 0.15) is 6.10 Å². The van der Waals surface area contributed by atoms with Crippen LogP contribution in [-0.4, -0.2) is 49.6 Å². The van der Waals surface area contributed by atoms with Gasteiger partial charge in [0.2, 0.25) is 0 Å². The van der Waals surface area contributed by atoms with Gasteiger partial charge in [-0.15, -0.1) is 0 Å². The summed E-state index contributed by atoms with van der Waals surface area (Å²) in [5.41, 5.74) is 2.32. The molecule has 16 heavy (non-hydrogen) atoms. The highest BCUT2D eigenvalue weighted by Crippen LogP contribution is 2.22. The van der Waals surface area contributed by atoms with Gasteiger partial charge in [-0.3, -0.25) is 0 Å². The van der Waals surface area contributed by atoms with Gasteiger partial charge < -0.3 is 18.9 Å². The topological polar surface area (TPSA) is 54.0 Å². The number of esters is 1. The molecule has 0 fully saturated rings. The van der Waals surface area contributed by atoms with Gasteiger partial charge >= 0.3 is 11.9 Å². The monoisotopic (exact) mass is 248 g/mol. The Morgan fingerprint density at radius 1 is 1.31 bits per heavy atom. The summed E-state index contributed by atoms with van der Waals surface area (Å²) in [6.45, 7) is 3.38. The first-order valence-electron chi connectivity index (χ1n) is 4.96. The fourth-order valence-electron chi connectivity index (χ4n) is 1.05. The van der Waals surface area contributed by atoms with Crippen molar-refractivity contribution >= 4 is 16.2 Å². The van der Waals surface area contributed by atoms with Crippen LogP contribution in [0.25, 0.3) is 0 Å². The second kappa shape index (κ2) is 6.80. The average molecular weight is 248 g/mol. The second-order valence-corrected chi connectivity index (χ2v) is 3.83. The lowest BCUT2D eigenvalue weighted by molar-refractivity contribution is -0.378. The molecule has 0 aliphatic carbocycles. The fourth-order valence-corrected chi connectivity index (χ4v) is 1.29. The minimum absolute atomic E-state index is 0.470. The number of ether oxygens (including phenoxy) is 4. The molecule has 0 spiro atoms. The van der Waals surface area contributed by atoms with E-state index < -0.39 is 18.0 Å². The summed E-state index contributed by atoms with van der Waals surface area (Å²) in [7, 11) is 5.06. The number of carbonyl (C=O) groups is 1. The Bertz CT molecular complexity index is 260. The van der Waals surface area contributed by atoms with Crippen molar-refractivity contribution in [1.82, 2.24) is 0 Å². The largest absolute Gasteiger partial charge is 0.402 e. The van der Waals surface area contributed by atoms with E-state index in [1.165, 1.54) is 21.3 Å². The lowest BCUT2D eigenvalue weighted by Crippen LogP contribution is -2.49. The van der Waals surface area contributed by atoms with Crippen molar-refractivity contribution in [3.8, 4) is 0 Å². The van der Waals surface area contributed by atoms with E-state index in [-0.39, 0.29) is 0 Å². The zero-order valence-corrected chi connectivity index (χ0v) is 12.7. The normalized spacial score (nSPS) is 14.9. The lowest BCUT2D eigenvalue weighted by atomic mass is 10.3. The summed E-state index contributed by atoms with van der Waals surface area (Å²) in [5, 5.41) is 0. The molecule has 0 aromatic rings. The molecular weight excluding hydrogens is 228 g/mol. The first-order valence-corrected chi connectivity index (χ1v) is 6.12. The number of rotatable bonds is 6. The molecule has 0 aliphatic heterocycles. The smallest absolute Gasteiger partial charge is 0.356 e. The Morgan fingerprint density at radius 2 is 1.81 bits per heavy atom. The molecule has 1 unspecified atom stereocenters. The van der Waals surface area contributed by atoms with Crippen LogP contribution in [0.15, 0.2) is 11.3 Å². The van der Waals surface area contributed by atoms with Crippen LogP contribution in [-0.2, 0) is 23.7 Å². The van der Waals surface area contributed by atoms with Crippen molar-refractivity contribution in [3.63, 3.8) is 0 Å². The first-order chi connectivity index (χ1) is 7.47. The van der Waals surface area contributed by atoms with E-state index in [9.17, 15) is 4.79 Å². The van der Waals surface area contributed by atoms with Crippen molar-refractivity contribution in [3.05, 3.63) is 11.3 Å². The van der Waals surface area contributed by atoms with Crippen molar-refractivity contribution in [1.29, 1.82) is 0 Å². The van der Waals surface area contributed by atoms with Crippen LogP contribution >= 0.6 is 0 Å². The first kappa shape index (κ1) is 15.3. The third-order valence-corrected chi connectivity index (χ3v) is 3.28. The van der Waals surface area contributed by atoms with Gasteiger partial charge in [0.25, 0.3) is 0 Å². The van der Waals surface area contributed by atoms with Crippen LogP contribution in [0.3, 0.4) is 0 Å². The molecule has 0 bridgehead atoms. The third kappa shape index (κ3) is 3.41. The SMILES string of the molecule is COC(C)C(OC)(OC)OC(=O)C(C)=C[SiH3]. The molecule has 0 heterocycles. The van der Waals surface area contributed by atoms with Gasteiger partial charge in [-0.05, 0) is 13.8 Å². The van der Waals surface area contributed by atoms with E-state index in [2.05, 4.69) is 0 Å². The molecule has 0 N–H and O–H groups in total. The number of hydrogen-bond donors (Lipinski definition) is 0. The molecular formula is C10H20O5Si. The minimum atomic E-state index is -1.50. The zero-order chi connectivity index (χ0) is 12.8. The Kier molecular flexibility index (Phi) is 6.50. The van der Waals surface area contributed by atoms with E-state index in [4.69, 9.17) is 18.9 Å². The van der Waals surface area contributed by atoms with Crippen LogP contribution in [0.1, 0.15) is 13.8 Å². The Balaban J connectivity index is 4.87. The molecule has 0 radical (unpaired) electrons. The Labute approximate surface area is 99.1 Å². The van der Waals surface area contributed by atoms with Crippen LogP contribution in [0, 0.1) is 0 Å². The lowest BCUT2D eigenvalue weighted by Gasteiger charge is -2.33. The summed E-state index contributed by atoms with van der Waals surface area (Å²) < 4.78 is 20.5. The quantitative estimate of drug-likeness (QED) is 0.281. The van der Waals surface area contributed by atoms with Gasteiger partial charge in [-0.1, -0.05) is 5.70 Å². The fraction of sp³-hybridized carbons (Fsp3) is 0.700. The highest BCUT2D eigenvalue weighted by atomic mass is 28.1. The predicted octanol–water partition coefficient (Wildman–Crippen LogP) is -0.220. The highest BCUT2D eigenvalue weighted by molar-refractivity contribution is 6.19. The summed E-state index contributed by atoms with van der Waals surface area (Å²) in [4.78, 5) is 11.6. The molecule has 6 heteroatoms. The molecule has 1 atom stereocenters. The molecule has 0 rings (SSSR count). The zero-order valence-electron chi connectivity index (χ0n) is 10.7. The van der Waals surface area contributed by atoms with E-state index in [0.29, 0.717) is 5.57 Å². The summed E-state index contributed by atoms with van der Waals surface area (Å²) in [6.07, 6.45) is -0.534. The third-order valence-electron chi connectivity index (χ3n) is 2.41. The molecule has 94 valence electrons. The minimum Gasteiger partial charge on any atom is -0.402 e. The van der Waals surface area contributed by atoms with Gasteiger partial charge in [0, 0.05) is 37.1 Å². The number of hydrogen-bond acceptors (Lipinski definition) is 5. The van der Waals surface area contributed by atoms with Crippen LogP contribution in [0.5, 0.6) is 0 Å². The van der Waals surface area contributed by atoms with Crippen molar-refractivity contribution < 1.29 is 23.7 Å². The maximum atomic E-state index is 11.6. The van der Waals surface area contributed by atoms with E-state index in [1.807, 2.05) is 0 Å². The molecule has 0 aromatic heterocycles. The number of methoxy groups -OCH3 is 3. The van der Waals surface area contributed by atoms with Gasteiger partial charge in [-0.2, -0.15) is 0 Å². The molecule has 5 nitrogen and oxygen atoms in total. The highest BCUT2D eigenvalue weighted by Gasteiger charge is 2.42. The Morgan fingerprint density at radius 3 is 2.12 bits per heavy atom. The van der Waals surface area contributed by atoms with Gasteiger partial charge in [-0.25, -0.2) is 4.79 Å². The van der Waals surface area contributed by atoms with Crippen LogP contribution in [0.2, 0.25) is 0 Å². The maximum absolute atomic E-state index is 11.6. The average Bonchev–Trinajstić information content (AvgIpc) is 2.33. The molecule has 0 amide bonds. The van der Waals surface area contributed by atoms with Gasteiger partial charge in [0.05, 0.1) is 0 Å². The van der Waals surface area contributed by atoms with E-state index in [1.54, 1.807) is 19.5 Å². The molecule has 0 saturated carbocycles. The van der Waals surface area contributed by atoms with Crippen LogP contribution in [0.4, 0.5) is 0 Å². The standard InChI is InChI=1S/C10H20O5Si/c1-7(6-16)9(11)15-10(13-4,14-5)8(2)12-3/h6,8H,1-5,16H3. The van der Waals surface area contributed by atoms with Crippen molar-refractivity contribution in [2.75, 3.05) is 21.3 Å². The summed E-state index contributed by atoms with van der Waals surface area (Å²) >= 11 is 0. The Hall–Kier alpha value is -0.693. The predicted molar refractivity (Wildman–Crippen MR) is 63.0 cm³/mol. The van der Waals surface area contributed by atoms with Crippen LogP contribution < -0.4 is 0 Å². The summed E-state index contributed by atoms with van der Waals surface area (Å²) in [6, 6.07) is 0. The van der Waals surface area contributed by atoms with Crippen molar-refractivity contribution in [2.24, 2.45) is 0 Å². The number of carbonyl (C=O) groups excluding carboxylic acids is 1. The molecule has 0 aliphatic rings. The van der Waals surface area contributed by atoms with E-state index >= 15 is 0 Å². The second-order valence-electron chi connectivity index (χ2n) is 3.25. The van der Waals surface area contributed by atoms with Crippen molar-refractivity contribution in [2.45, 2.75) is 25.9 Å². The van der Waals surface area contributed by atoms with Gasteiger partial charge in [0.15, 0.2) is 0 Å². The summed E-state index contributed by atoms with van der Waals surface area (Å²) in [5.74, 6) is -1.97. The van der Waals surface area contributed by atoms with E-state index in [0.717, 1.165) is 10.2 Å².